The SMILES string of the molecule is CCCOc1cc(C)c(C)cc1S(=O)(=O)N[C@@H](C)CC. The average Bonchev–Trinajstić information content (AvgIpc) is 2.38. The third kappa shape index (κ3) is 4.21. The Bertz CT molecular complexity index is 552. The van der Waals surface area contributed by atoms with Crippen LogP contribution in [0.2, 0.25) is 0 Å². The van der Waals surface area contributed by atoms with Gasteiger partial charge in [-0.3, -0.25) is 0 Å². The van der Waals surface area contributed by atoms with Gasteiger partial charge in [-0.25, -0.2) is 13.1 Å². The zero-order valence-corrected chi connectivity index (χ0v) is 13.8. The molecule has 20 heavy (non-hydrogen) atoms. The molecule has 0 saturated heterocycles. The van der Waals surface area contributed by atoms with E-state index >= 15 is 0 Å². The lowest BCUT2D eigenvalue weighted by molar-refractivity contribution is 0.308. The highest BCUT2D eigenvalue weighted by molar-refractivity contribution is 7.89. The number of nitrogens with one attached hydrogen (secondary N) is 1. The Hall–Kier alpha value is -1.07. The van der Waals surface area contributed by atoms with E-state index in [2.05, 4.69) is 4.72 Å². The Balaban J connectivity index is 3.23. The molecule has 0 unspecified atom stereocenters. The van der Waals surface area contributed by atoms with E-state index in [1.807, 2.05) is 34.6 Å². The van der Waals surface area contributed by atoms with Gasteiger partial charge in [0.25, 0.3) is 0 Å². The molecule has 0 aliphatic heterocycles. The second-order valence-corrected chi connectivity index (χ2v) is 6.84. The van der Waals surface area contributed by atoms with Crippen molar-refractivity contribution >= 4 is 10.0 Å². The minimum absolute atomic E-state index is 0.0966. The Morgan fingerprint density at radius 3 is 2.35 bits per heavy atom. The molecule has 0 amide bonds. The van der Waals surface area contributed by atoms with Gasteiger partial charge in [0.15, 0.2) is 0 Å². The Morgan fingerprint density at radius 2 is 1.80 bits per heavy atom. The summed E-state index contributed by atoms with van der Waals surface area (Å²) in [6, 6.07) is 3.39. The Kier molecular flexibility index (Phi) is 6.02. The fourth-order valence-electron chi connectivity index (χ4n) is 1.71. The van der Waals surface area contributed by atoms with E-state index in [0.717, 1.165) is 24.0 Å². The zero-order chi connectivity index (χ0) is 15.3. The van der Waals surface area contributed by atoms with Crippen LogP contribution >= 0.6 is 0 Å². The van der Waals surface area contributed by atoms with E-state index in [9.17, 15) is 8.42 Å². The van der Waals surface area contributed by atoms with Crippen molar-refractivity contribution in [3.05, 3.63) is 23.3 Å². The van der Waals surface area contributed by atoms with Crippen LogP contribution in [-0.4, -0.2) is 21.1 Å². The molecule has 0 aliphatic rings. The molecule has 1 N–H and O–H groups in total. The maximum Gasteiger partial charge on any atom is 0.244 e. The van der Waals surface area contributed by atoms with Crippen LogP contribution in [0.15, 0.2) is 17.0 Å². The molecule has 4 nitrogen and oxygen atoms in total. The van der Waals surface area contributed by atoms with Gasteiger partial charge in [-0.05, 0) is 56.9 Å². The van der Waals surface area contributed by atoms with Crippen molar-refractivity contribution in [2.24, 2.45) is 0 Å². The van der Waals surface area contributed by atoms with Crippen molar-refractivity contribution in [3.8, 4) is 5.75 Å². The molecule has 0 spiro atoms. The molecule has 0 bridgehead atoms. The van der Waals surface area contributed by atoms with Crippen LogP contribution in [-0.2, 0) is 10.0 Å². The normalized spacial score (nSPS) is 13.2. The smallest absolute Gasteiger partial charge is 0.244 e. The molecule has 0 aliphatic carbocycles. The topological polar surface area (TPSA) is 55.4 Å². The molecule has 0 saturated carbocycles. The van der Waals surface area contributed by atoms with E-state index in [1.165, 1.54) is 0 Å². The molecule has 0 fully saturated rings. The standard InChI is InChI=1S/C15H25NO3S/c1-6-8-19-14-9-11(3)12(4)10-15(14)20(17,18)16-13(5)7-2/h9-10,13,16H,6-8H2,1-5H3/t13-/m0/s1. The highest BCUT2D eigenvalue weighted by Crippen LogP contribution is 2.28. The summed E-state index contributed by atoms with van der Waals surface area (Å²) in [6.07, 6.45) is 1.58. The largest absolute Gasteiger partial charge is 0.492 e. The molecule has 1 rings (SSSR count). The maximum absolute atomic E-state index is 12.5. The van der Waals surface area contributed by atoms with Gasteiger partial charge >= 0.3 is 0 Å². The molecular weight excluding hydrogens is 274 g/mol. The van der Waals surface area contributed by atoms with E-state index in [1.54, 1.807) is 12.1 Å². The summed E-state index contributed by atoms with van der Waals surface area (Å²) in [5, 5.41) is 0. The molecule has 114 valence electrons. The van der Waals surface area contributed by atoms with Crippen molar-refractivity contribution in [3.63, 3.8) is 0 Å². The summed E-state index contributed by atoms with van der Waals surface area (Å²) in [6.45, 7) is 10.2. The van der Waals surface area contributed by atoms with Crippen molar-refractivity contribution < 1.29 is 13.2 Å². The predicted molar refractivity (Wildman–Crippen MR) is 81.8 cm³/mol. The lowest BCUT2D eigenvalue weighted by Crippen LogP contribution is -2.32. The molecule has 5 heteroatoms. The monoisotopic (exact) mass is 299 g/mol. The molecule has 0 radical (unpaired) electrons. The van der Waals surface area contributed by atoms with Crippen LogP contribution in [0.5, 0.6) is 5.75 Å². The summed E-state index contributed by atoms with van der Waals surface area (Å²) in [4.78, 5) is 0.231. The first-order valence-corrected chi connectivity index (χ1v) is 8.56. The summed E-state index contributed by atoms with van der Waals surface area (Å²) in [7, 11) is -3.55. The van der Waals surface area contributed by atoms with Crippen LogP contribution in [0.1, 0.15) is 44.7 Å². The fraction of sp³-hybridized carbons (Fsp3) is 0.600. The molecule has 1 aromatic carbocycles. The minimum atomic E-state index is -3.55. The molecule has 0 heterocycles. The van der Waals surface area contributed by atoms with Crippen LogP contribution in [0.25, 0.3) is 0 Å². The highest BCUT2D eigenvalue weighted by Gasteiger charge is 2.22. The van der Waals surface area contributed by atoms with Gasteiger partial charge in [0, 0.05) is 6.04 Å². The van der Waals surface area contributed by atoms with E-state index in [4.69, 9.17) is 4.74 Å². The molecule has 0 aromatic heterocycles. The van der Waals surface area contributed by atoms with Gasteiger partial charge in [-0.15, -0.1) is 0 Å². The van der Waals surface area contributed by atoms with Crippen molar-refractivity contribution in [2.75, 3.05) is 6.61 Å². The number of rotatable bonds is 7. The fourth-order valence-corrected chi connectivity index (χ4v) is 3.25. The highest BCUT2D eigenvalue weighted by atomic mass is 32.2. The second-order valence-electron chi connectivity index (χ2n) is 5.16. The van der Waals surface area contributed by atoms with Crippen molar-refractivity contribution in [1.82, 2.24) is 4.72 Å². The Labute approximate surface area is 122 Å². The third-order valence-corrected chi connectivity index (χ3v) is 4.89. The van der Waals surface area contributed by atoms with Gasteiger partial charge in [0.05, 0.1) is 6.61 Å². The van der Waals surface area contributed by atoms with E-state index < -0.39 is 10.0 Å². The zero-order valence-electron chi connectivity index (χ0n) is 13.0. The molecule has 1 atom stereocenters. The van der Waals surface area contributed by atoms with Crippen LogP contribution in [0.3, 0.4) is 0 Å². The molecular formula is C15H25NO3S. The lowest BCUT2D eigenvalue weighted by atomic mass is 10.1. The van der Waals surface area contributed by atoms with Gasteiger partial charge in [0.1, 0.15) is 10.6 Å². The number of hydrogen-bond donors (Lipinski definition) is 1. The first kappa shape index (κ1) is 17.0. The first-order valence-electron chi connectivity index (χ1n) is 7.08. The van der Waals surface area contributed by atoms with Gasteiger partial charge in [-0.2, -0.15) is 0 Å². The minimum Gasteiger partial charge on any atom is -0.492 e. The number of ether oxygens (including phenoxy) is 1. The number of sulfonamides is 1. The van der Waals surface area contributed by atoms with E-state index in [-0.39, 0.29) is 10.9 Å². The predicted octanol–water partition coefficient (Wildman–Crippen LogP) is 3.17. The van der Waals surface area contributed by atoms with Crippen LogP contribution in [0, 0.1) is 13.8 Å². The van der Waals surface area contributed by atoms with Crippen LogP contribution < -0.4 is 9.46 Å². The van der Waals surface area contributed by atoms with Gasteiger partial charge < -0.3 is 4.74 Å². The second kappa shape index (κ2) is 7.09. The van der Waals surface area contributed by atoms with Gasteiger partial charge in [-0.1, -0.05) is 13.8 Å². The summed E-state index contributed by atoms with van der Waals surface area (Å²) < 4.78 is 33.2. The number of aryl methyl sites for hydroxylation is 2. The third-order valence-electron chi connectivity index (χ3n) is 3.28. The van der Waals surface area contributed by atoms with Crippen LogP contribution in [0.4, 0.5) is 0 Å². The van der Waals surface area contributed by atoms with E-state index in [0.29, 0.717) is 12.4 Å². The lowest BCUT2D eigenvalue weighted by Gasteiger charge is -2.17. The number of benzene rings is 1. The van der Waals surface area contributed by atoms with Gasteiger partial charge in [0.2, 0.25) is 10.0 Å². The first-order chi connectivity index (χ1) is 9.31. The van der Waals surface area contributed by atoms with Crippen molar-refractivity contribution in [2.45, 2.75) is 58.4 Å². The van der Waals surface area contributed by atoms with Crippen molar-refractivity contribution in [1.29, 1.82) is 0 Å². The summed E-state index contributed by atoms with van der Waals surface area (Å²) in [5.74, 6) is 0.436. The average molecular weight is 299 g/mol. The summed E-state index contributed by atoms with van der Waals surface area (Å²) in [5.41, 5.74) is 1.97. The quantitative estimate of drug-likeness (QED) is 0.841. The number of hydrogen-bond acceptors (Lipinski definition) is 3. The molecule has 1 aromatic rings. The maximum atomic E-state index is 12.5. The Morgan fingerprint density at radius 1 is 1.20 bits per heavy atom. The summed E-state index contributed by atoms with van der Waals surface area (Å²) >= 11 is 0.